The Labute approximate surface area is 114 Å². The van der Waals surface area contributed by atoms with Crippen LogP contribution >= 0.6 is 15.9 Å². The zero-order valence-electron chi connectivity index (χ0n) is 11.3. The highest BCUT2D eigenvalue weighted by atomic mass is 79.9. The van der Waals surface area contributed by atoms with E-state index in [2.05, 4.69) is 48.8 Å². The Kier molecular flexibility index (Phi) is 3.97. The molecule has 1 aliphatic rings. The van der Waals surface area contributed by atoms with Gasteiger partial charge in [-0.1, -0.05) is 52.9 Å². The molecule has 0 aliphatic heterocycles. The van der Waals surface area contributed by atoms with Gasteiger partial charge >= 0.3 is 0 Å². The minimum absolute atomic E-state index is 0.403. The van der Waals surface area contributed by atoms with Crippen molar-refractivity contribution in [1.82, 2.24) is 0 Å². The second-order valence-electron chi connectivity index (χ2n) is 5.75. The fourth-order valence-electron chi connectivity index (χ4n) is 3.70. The van der Waals surface area contributed by atoms with Gasteiger partial charge in [0, 0.05) is 10.7 Å². The van der Waals surface area contributed by atoms with Crippen molar-refractivity contribution < 1.29 is 0 Å². The summed E-state index contributed by atoms with van der Waals surface area (Å²) in [7, 11) is 0. The van der Waals surface area contributed by atoms with Crippen molar-refractivity contribution in [1.29, 1.82) is 0 Å². The Hall–Kier alpha value is -0.300. The highest BCUT2D eigenvalue weighted by Crippen LogP contribution is 2.43. The average Bonchev–Trinajstić information content (AvgIpc) is 2.28. The van der Waals surface area contributed by atoms with Gasteiger partial charge in [-0.2, -0.15) is 0 Å². The van der Waals surface area contributed by atoms with Gasteiger partial charge in [0.25, 0.3) is 0 Å². The first-order valence-electron chi connectivity index (χ1n) is 6.73. The highest BCUT2D eigenvalue weighted by Gasteiger charge is 2.35. The molecule has 0 nitrogen and oxygen atoms in total. The molecule has 0 saturated heterocycles. The van der Waals surface area contributed by atoms with Gasteiger partial charge in [0.1, 0.15) is 0 Å². The van der Waals surface area contributed by atoms with Crippen LogP contribution in [0.3, 0.4) is 0 Å². The van der Waals surface area contributed by atoms with E-state index < -0.39 is 0 Å². The predicted octanol–water partition coefficient (Wildman–Crippen LogP) is 5.21. The number of alkyl halides is 1. The lowest BCUT2D eigenvalue weighted by molar-refractivity contribution is 0.325. The van der Waals surface area contributed by atoms with Crippen molar-refractivity contribution in [3.63, 3.8) is 0 Å². The van der Waals surface area contributed by atoms with Gasteiger partial charge in [0.05, 0.1) is 0 Å². The van der Waals surface area contributed by atoms with Crippen LogP contribution in [0.2, 0.25) is 0 Å². The quantitative estimate of drug-likeness (QED) is 0.657. The van der Waals surface area contributed by atoms with Crippen molar-refractivity contribution in [3.8, 4) is 0 Å². The van der Waals surface area contributed by atoms with E-state index in [4.69, 9.17) is 0 Å². The summed E-state index contributed by atoms with van der Waals surface area (Å²) in [4.78, 5) is 0. The molecular formula is C16H23Br. The van der Waals surface area contributed by atoms with Crippen molar-refractivity contribution >= 4 is 15.9 Å². The summed E-state index contributed by atoms with van der Waals surface area (Å²) in [6.45, 7) is 6.77. The summed E-state index contributed by atoms with van der Waals surface area (Å²) < 4.78 is 0. The third-order valence-corrected chi connectivity index (χ3v) is 5.35. The predicted molar refractivity (Wildman–Crippen MR) is 79.2 cm³/mol. The summed E-state index contributed by atoms with van der Waals surface area (Å²) in [5.41, 5.74) is 6.40. The van der Waals surface area contributed by atoms with Crippen molar-refractivity contribution in [2.75, 3.05) is 5.33 Å². The van der Waals surface area contributed by atoms with Crippen LogP contribution in [0.15, 0.2) is 12.1 Å². The lowest BCUT2D eigenvalue weighted by atomic mass is 9.68. The molecule has 1 fully saturated rings. The number of halogens is 1. The second kappa shape index (κ2) is 5.14. The molecule has 94 valence electrons. The zero-order valence-corrected chi connectivity index (χ0v) is 12.9. The fourth-order valence-corrected chi connectivity index (χ4v) is 4.54. The summed E-state index contributed by atoms with van der Waals surface area (Å²) in [5, 5.41) is 1.12. The van der Waals surface area contributed by atoms with Crippen molar-refractivity contribution in [2.24, 2.45) is 0 Å². The molecule has 1 aromatic rings. The van der Waals surface area contributed by atoms with E-state index in [0.29, 0.717) is 5.41 Å². The smallest absolute Gasteiger partial charge is 0.0129 e. The maximum Gasteiger partial charge on any atom is 0.0129 e. The number of hydrogen-bond acceptors (Lipinski definition) is 0. The number of benzene rings is 1. The third kappa shape index (κ3) is 2.45. The van der Waals surface area contributed by atoms with Crippen LogP contribution in [-0.4, -0.2) is 5.33 Å². The second-order valence-corrected chi connectivity index (χ2v) is 6.31. The summed E-state index contributed by atoms with van der Waals surface area (Å²) >= 11 is 3.79. The minimum atomic E-state index is 0.403. The molecule has 1 aromatic carbocycles. The van der Waals surface area contributed by atoms with E-state index in [1.807, 2.05) is 0 Å². The molecule has 0 heterocycles. The van der Waals surface area contributed by atoms with E-state index in [1.165, 1.54) is 48.8 Å². The molecule has 0 aromatic heterocycles. The normalized spacial score (nSPS) is 19.3. The Bertz CT molecular complexity index is 377. The van der Waals surface area contributed by atoms with Gasteiger partial charge in [0.2, 0.25) is 0 Å². The molecule has 1 aliphatic carbocycles. The number of aryl methyl sites for hydroxylation is 3. The first-order valence-corrected chi connectivity index (χ1v) is 7.85. The van der Waals surface area contributed by atoms with Crippen LogP contribution in [0.1, 0.15) is 54.4 Å². The lowest BCUT2D eigenvalue weighted by Crippen LogP contribution is -2.32. The first-order chi connectivity index (χ1) is 8.09. The molecule has 0 atom stereocenters. The molecule has 1 saturated carbocycles. The topological polar surface area (TPSA) is 0 Å². The van der Waals surface area contributed by atoms with Gasteiger partial charge in [-0.05, 0) is 50.3 Å². The van der Waals surface area contributed by atoms with Crippen LogP contribution in [-0.2, 0) is 5.41 Å². The van der Waals surface area contributed by atoms with E-state index in [9.17, 15) is 0 Å². The standard InChI is InChI=1S/C16H23Br/c1-12-9-13(2)15(14(3)10-12)16(11-17)7-5-4-6-8-16/h9-10H,4-8,11H2,1-3H3. The Morgan fingerprint density at radius 2 is 1.53 bits per heavy atom. The molecule has 17 heavy (non-hydrogen) atoms. The Morgan fingerprint density at radius 3 is 2.00 bits per heavy atom. The van der Waals surface area contributed by atoms with Crippen LogP contribution in [0.25, 0.3) is 0 Å². The SMILES string of the molecule is Cc1cc(C)c(C2(CBr)CCCCC2)c(C)c1. The van der Waals surface area contributed by atoms with E-state index in [-0.39, 0.29) is 0 Å². The van der Waals surface area contributed by atoms with E-state index in [0.717, 1.165) is 5.33 Å². The van der Waals surface area contributed by atoms with E-state index in [1.54, 1.807) is 5.56 Å². The first kappa shape index (κ1) is 13.1. The molecule has 1 heteroatoms. The highest BCUT2D eigenvalue weighted by molar-refractivity contribution is 9.09. The molecule has 2 rings (SSSR count). The lowest BCUT2D eigenvalue weighted by Gasteiger charge is -2.38. The maximum atomic E-state index is 3.79. The zero-order chi connectivity index (χ0) is 12.5. The summed E-state index contributed by atoms with van der Waals surface area (Å²) in [6, 6.07) is 4.70. The van der Waals surface area contributed by atoms with Gasteiger partial charge in [-0.3, -0.25) is 0 Å². The molecular weight excluding hydrogens is 272 g/mol. The van der Waals surface area contributed by atoms with Gasteiger partial charge < -0.3 is 0 Å². The van der Waals surface area contributed by atoms with Gasteiger partial charge in [-0.25, -0.2) is 0 Å². The Balaban J connectivity index is 2.50. The molecule has 0 bridgehead atoms. The number of hydrogen-bond donors (Lipinski definition) is 0. The minimum Gasteiger partial charge on any atom is -0.0918 e. The molecule has 0 unspecified atom stereocenters. The fraction of sp³-hybridized carbons (Fsp3) is 0.625. The van der Waals surface area contributed by atoms with Crippen LogP contribution in [0.5, 0.6) is 0 Å². The largest absolute Gasteiger partial charge is 0.0918 e. The molecule has 0 radical (unpaired) electrons. The van der Waals surface area contributed by atoms with Gasteiger partial charge in [0.15, 0.2) is 0 Å². The average molecular weight is 295 g/mol. The van der Waals surface area contributed by atoms with Crippen molar-refractivity contribution in [3.05, 3.63) is 34.4 Å². The van der Waals surface area contributed by atoms with Crippen LogP contribution in [0.4, 0.5) is 0 Å². The van der Waals surface area contributed by atoms with E-state index >= 15 is 0 Å². The molecule has 0 spiro atoms. The Morgan fingerprint density at radius 1 is 1.00 bits per heavy atom. The summed E-state index contributed by atoms with van der Waals surface area (Å²) in [5.74, 6) is 0. The van der Waals surface area contributed by atoms with Crippen LogP contribution < -0.4 is 0 Å². The maximum absolute atomic E-state index is 3.79. The monoisotopic (exact) mass is 294 g/mol. The van der Waals surface area contributed by atoms with Crippen LogP contribution in [0, 0.1) is 20.8 Å². The van der Waals surface area contributed by atoms with Crippen molar-refractivity contribution in [2.45, 2.75) is 58.3 Å². The summed E-state index contributed by atoms with van der Waals surface area (Å²) in [6.07, 6.45) is 6.89. The third-order valence-electron chi connectivity index (χ3n) is 4.27. The van der Waals surface area contributed by atoms with Gasteiger partial charge in [-0.15, -0.1) is 0 Å². The number of rotatable bonds is 2. The molecule has 0 N–H and O–H groups in total. The molecule has 0 amide bonds.